The minimum Gasteiger partial charge on any atom is -0.337 e. The zero-order valence-electron chi connectivity index (χ0n) is 13.2. The predicted molar refractivity (Wildman–Crippen MR) is 89.6 cm³/mol. The van der Waals surface area contributed by atoms with E-state index in [2.05, 4.69) is 10.1 Å². The molecule has 1 fully saturated rings. The van der Waals surface area contributed by atoms with Crippen molar-refractivity contribution in [3.63, 3.8) is 0 Å². The van der Waals surface area contributed by atoms with Gasteiger partial charge in [-0.05, 0) is 18.6 Å². The highest BCUT2D eigenvalue weighted by molar-refractivity contribution is 6.00. The molecule has 0 saturated carbocycles. The molecule has 2 aromatic rings. The van der Waals surface area contributed by atoms with E-state index in [1.165, 1.54) is 0 Å². The summed E-state index contributed by atoms with van der Waals surface area (Å²) in [5.41, 5.74) is 7.14. The van der Waals surface area contributed by atoms with Gasteiger partial charge in [-0.25, -0.2) is 0 Å². The molecule has 0 spiro atoms. The van der Waals surface area contributed by atoms with Crippen LogP contribution in [0.15, 0.2) is 28.8 Å². The Labute approximate surface area is 141 Å². The molecule has 7 heteroatoms. The van der Waals surface area contributed by atoms with E-state index in [-0.39, 0.29) is 30.3 Å². The fourth-order valence-electron chi connectivity index (χ4n) is 2.58. The van der Waals surface area contributed by atoms with Crippen LogP contribution >= 0.6 is 12.4 Å². The normalized spacial score (nSPS) is 17.4. The Morgan fingerprint density at radius 2 is 2.13 bits per heavy atom. The average molecular weight is 337 g/mol. The molecule has 0 bridgehead atoms. The van der Waals surface area contributed by atoms with Gasteiger partial charge in [0.05, 0.1) is 11.1 Å². The summed E-state index contributed by atoms with van der Waals surface area (Å²) in [4.78, 5) is 18.9. The molecule has 2 heterocycles. The van der Waals surface area contributed by atoms with Gasteiger partial charge < -0.3 is 15.2 Å². The van der Waals surface area contributed by atoms with Crippen molar-refractivity contribution >= 4 is 18.3 Å². The standard InChI is InChI=1S/C16H20N4O2.ClH/c1-10(2)14-18-15(22-19-14)12-5-3-4-6-13(12)16(21)20-8-7-11(17)9-20;/h3-6,10-11H,7-9,17H2,1-2H3;1H/t11-;/m0./s1. The minimum absolute atomic E-state index is 0. The molecule has 3 rings (SSSR count). The van der Waals surface area contributed by atoms with Crippen LogP contribution in [0.3, 0.4) is 0 Å². The van der Waals surface area contributed by atoms with E-state index >= 15 is 0 Å². The first-order chi connectivity index (χ1) is 10.6. The Morgan fingerprint density at radius 3 is 2.74 bits per heavy atom. The maximum Gasteiger partial charge on any atom is 0.258 e. The maximum atomic E-state index is 12.7. The number of carbonyl (C=O) groups excluding carboxylic acids is 1. The van der Waals surface area contributed by atoms with Crippen molar-refractivity contribution < 1.29 is 9.32 Å². The predicted octanol–water partition coefficient (Wildman–Crippen LogP) is 2.46. The lowest BCUT2D eigenvalue weighted by atomic mass is 10.1. The van der Waals surface area contributed by atoms with Crippen molar-refractivity contribution in [1.82, 2.24) is 15.0 Å². The van der Waals surface area contributed by atoms with E-state index in [0.717, 1.165) is 6.42 Å². The van der Waals surface area contributed by atoms with Crippen LogP contribution in [0.1, 0.15) is 42.4 Å². The molecule has 1 saturated heterocycles. The molecular weight excluding hydrogens is 316 g/mol. The monoisotopic (exact) mass is 336 g/mol. The van der Waals surface area contributed by atoms with Crippen LogP contribution in [0.4, 0.5) is 0 Å². The van der Waals surface area contributed by atoms with Gasteiger partial charge in [0.15, 0.2) is 5.82 Å². The molecule has 1 amide bonds. The maximum absolute atomic E-state index is 12.7. The Morgan fingerprint density at radius 1 is 1.39 bits per heavy atom. The van der Waals surface area contributed by atoms with Gasteiger partial charge >= 0.3 is 0 Å². The summed E-state index contributed by atoms with van der Waals surface area (Å²) in [6.45, 7) is 5.28. The number of rotatable bonds is 3. The molecule has 1 aliphatic heterocycles. The van der Waals surface area contributed by atoms with Crippen molar-refractivity contribution in [3.05, 3.63) is 35.7 Å². The lowest BCUT2D eigenvalue weighted by Crippen LogP contribution is -2.32. The molecule has 23 heavy (non-hydrogen) atoms. The lowest BCUT2D eigenvalue weighted by Gasteiger charge is -2.17. The molecule has 1 atom stereocenters. The summed E-state index contributed by atoms with van der Waals surface area (Å²) < 4.78 is 5.33. The lowest BCUT2D eigenvalue weighted by molar-refractivity contribution is 0.0791. The second-order valence-corrected chi connectivity index (χ2v) is 5.96. The van der Waals surface area contributed by atoms with Gasteiger partial charge in [-0.1, -0.05) is 31.1 Å². The van der Waals surface area contributed by atoms with E-state index in [9.17, 15) is 4.79 Å². The smallest absolute Gasteiger partial charge is 0.258 e. The SMILES string of the molecule is CC(C)c1noc(-c2ccccc2C(=O)N2CC[C@H](N)C2)n1.Cl. The third-order valence-corrected chi connectivity index (χ3v) is 3.86. The van der Waals surface area contributed by atoms with Crippen molar-refractivity contribution in [2.75, 3.05) is 13.1 Å². The average Bonchev–Trinajstić information content (AvgIpc) is 3.15. The fraction of sp³-hybridized carbons (Fsp3) is 0.438. The van der Waals surface area contributed by atoms with Gasteiger partial charge in [-0.3, -0.25) is 4.79 Å². The number of nitrogens with zero attached hydrogens (tertiary/aromatic N) is 3. The van der Waals surface area contributed by atoms with Crippen LogP contribution in [0.25, 0.3) is 11.5 Å². The third-order valence-electron chi connectivity index (χ3n) is 3.86. The number of aromatic nitrogens is 2. The second-order valence-electron chi connectivity index (χ2n) is 5.96. The van der Waals surface area contributed by atoms with Gasteiger partial charge in [0.2, 0.25) is 0 Å². The minimum atomic E-state index is -0.0344. The van der Waals surface area contributed by atoms with E-state index < -0.39 is 0 Å². The van der Waals surface area contributed by atoms with E-state index in [1.54, 1.807) is 11.0 Å². The van der Waals surface area contributed by atoms with Crippen molar-refractivity contribution in [2.45, 2.75) is 32.2 Å². The Bertz CT molecular complexity index is 686. The molecular formula is C16H21ClN4O2. The Balaban J connectivity index is 0.00000192. The van der Waals surface area contributed by atoms with Crippen molar-refractivity contribution in [2.24, 2.45) is 5.73 Å². The molecule has 2 N–H and O–H groups in total. The summed E-state index contributed by atoms with van der Waals surface area (Å²) in [6.07, 6.45) is 0.839. The molecule has 1 aromatic carbocycles. The summed E-state index contributed by atoms with van der Waals surface area (Å²) >= 11 is 0. The summed E-state index contributed by atoms with van der Waals surface area (Å²) in [5, 5.41) is 3.97. The third kappa shape index (κ3) is 3.54. The topological polar surface area (TPSA) is 85.2 Å². The number of amides is 1. The largest absolute Gasteiger partial charge is 0.337 e. The first kappa shape index (κ1) is 17.4. The zero-order chi connectivity index (χ0) is 15.7. The van der Waals surface area contributed by atoms with Gasteiger partial charge in [-0.15, -0.1) is 12.4 Å². The number of benzene rings is 1. The fourth-order valence-corrected chi connectivity index (χ4v) is 2.58. The summed E-state index contributed by atoms with van der Waals surface area (Å²) in [6, 6.07) is 7.39. The van der Waals surface area contributed by atoms with E-state index in [0.29, 0.717) is 35.9 Å². The number of likely N-dealkylation sites (tertiary alicyclic amines) is 1. The summed E-state index contributed by atoms with van der Waals surface area (Å²) in [7, 11) is 0. The van der Waals surface area contributed by atoms with Gasteiger partial charge in [0, 0.05) is 25.0 Å². The Hall–Kier alpha value is -1.92. The number of nitrogens with two attached hydrogens (primary N) is 1. The molecule has 124 valence electrons. The van der Waals surface area contributed by atoms with Crippen LogP contribution in [-0.4, -0.2) is 40.1 Å². The first-order valence-corrected chi connectivity index (χ1v) is 7.54. The molecule has 1 aromatic heterocycles. The van der Waals surface area contributed by atoms with Crippen LogP contribution in [0.2, 0.25) is 0 Å². The highest BCUT2D eigenvalue weighted by Gasteiger charge is 2.27. The molecule has 1 aliphatic rings. The molecule has 0 unspecified atom stereocenters. The van der Waals surface area contributed by atoms with E-state index in [4.69, 9.17) is 10.3 Å². The van der Waals surface area contributed by atoms with Gasteiger partial charge in [-0.2, -0.15) is 4.98 Å². The number of hydrogen-bond donors (Lipinski definition) is 1. The molecule has 0 aliphatic carbocycles. The van der Waals surface area contributed by atoms with Crippen LogP contribution in [0.5, 0.6) is 0 Å². The van der Waals surface area contributed by atoms with Crippen molar-refractivity contribution in [1.29, 1.82) is 0 Å². The quantitative estimate of drug-likeness (QED) is 0.930. The zero-order valence-corrected chi connectivity index (χ0v) is 14.0. The highest BCUT2D eigenvalue weighted by atomic mass is 35.5. The van der Waals surface area contributed by atoms with Gasteiger partial charge in [0.1, 0.15) is 0 Å². The number of carbonyl (C=O) groups is 1. The number of halogens is 1. The van der Waals surface area contributed by atoms with Crippen LogP contribution < -0.4 is 5.73 Å². The second kappa shape index (κ2) is 7.10. The summed E-state index contributed by atoms with van der Waals surface area (Å²) in [5.74, 6) is 1.17. The Kier molecular flexibility index (Phi) is 5.38. The first-order valence-electron chi connectivity index (χ1n) is 7.54. The van der Waals surface area contributed by atoms with Crippen LogP contribution in [0, 0.1) is 0 Å². The highest BCUT2D eigenvalue weighted by Crippen LogP contribution is 2.25. The molecule has 6 nitrogen and oxygen atoms in total. The molecule has 0 radical (unpaired) electrons. The van der Waals surface area contributed by atoms with Crippen LogP contribution in [-0.2, 0) is 0 Å². The van der Waals surface area contributed by atoms with Gasteiger partial charge in [0.25, 0.3) is 11.8 Å². The van der Waals surface area contributed by atoms with E-state index in [1.807, 2.05) is 32.0 Å². The van der Waals surface area contributed by atoms with Crippen molar-refractivity contribution in [3.8, 4) is 11.5 Å². The number of hydrogen-bond acceptors (Lipinski definition) is 5.